The van der Waals surface area contributed by atoms with Crippen LogP contribution in [0.1, 0.15) is 30.8 Å². The lowest BCUT2D eigenvalue weighted by molar-refractivity contribution is 0.168. The number of fused-ring (bicyclic) bond motifs is 1. The van der Waals surface area contributed by atoms with Gasteiger partial charge in [0.2, 0.25) is 11.8 Å². The number of ether oxygens (including phenoxy) is 1. The molecular weight excluding hydrogens is 284 g/mol. The van der Waals surface area contributed by atoms with Gasteiger partial charge in [-0.25, -0.2) is 0 Å². The number of nitrogens with zero attached hydrogens (tertiary/aromatic N) is 5. The molecule has 118 valence electrons. The summed E-state index contributed by atoms with van der Waals surface area (Å²) in [5.74, 6) is 1.37. The number of nitrogen functional groups attached to an aromatic ring is 1. The number of aromatic nitrogens is 4. The highest BCUT2D eigenvalue weighted by molar-refractivity contribution is 5.46. The fourth-order valence-electron chi connectivity index (χ4n) is 2.55. The molecule has 0 aromatic carbocycles. The highest BCUT2D eigenvalue weighted by Gasteiger charge is 2.22. The molecule has 0 radical (unpaired) electrons. The molecule has 1 atom stereocenters. The summed E-state index contributed by atoms with van der Waals surface area (Å²) in [4.78, 5) is 10.4. The zero-order chi connectivity index (χ0) is 15.7. The van der Waals surface area contributed by atoms with Crippen molar-refractivity contribution < 1.29 is 9.84 Å². The summed E-state index contributed by atoms with van der Waals surface area (Å²) >= 11 is 0. The van der Waals surface area contributed by atoms with Crippen molar-refractivity contribution in [2.75, 3.05) is 24.3 Å². The monoisotopic (exact) mass is 304 g/mol. The number of aliphatic hydroxyl groups excluding tert-OH is 1. The van der Waals surface area contributed by atoms with E-state index < -0.39 is 6.10 Å². The van der Waals surface area contributed by atoms with E-state index in [1.807, 2.05) is 17.7 Å². The fraction of sp³-hybridized carbons (Fsp3) is 0.500. The van der Waals surface area contributed by atoms with E-state index in [0.29, 0.717) is 18.8 Å². The second-order valence-electron chi connectivity index (χ2n) is 5.26. The van der Waals surface area contributed by atoms with E-state index in [1.54, 1.807) is 13.2 Å². The number of nitrogens with two attached hydrogens (primary N) is 1. The SMILES string of the molecule is CC[C@@H](O)c1cc2n(n1)CCN(c1cc(OC)nc(N)n1)C2. The van der Waals surface area contributed by atoms with Crippen LogP contribution in [0.15, 0.2) is 12.1 Å². The van der Waals surface area contributed by atoms with E-state index in [2.05, 4.69) is 20.0 Å². The molecule has 8 nitrogen and oxygen atoms in total. The average molecular weight is 304 g/mol. The van der Waals surface area contributed by atoms with Crippen molar-refractivity contribution in [1.82, 2.24) is 19.7 Å². The first-order valence-electron chi connectivity index (χ1n) is 7.29. The molecule has 3 rings (SSSR count). The minimum absolute atomic E-state index is 0.190. The van der Waals surface area contributed by atoms with Crippen LogP contribution in [0.5, 0.6) is 5.88 Å². The van der Waals surface area contributed by atoms with Gasteiger partial charge in [-0.1, -0.05) is 6.92 Å². The van der Waals surface area contributed by atoms with E-state index in [-0.39, 0.29) is 5.95 Å². The van der Waals surface area contributed by atoms with Crippen LogP contribution in [0.3, 0.4) is 0 Å². The minimum atomic E-state index is -0.513. The van der Waals surface area contributed by atoms with E-state index in [4.69, 9.17) is 10.5 Å². The Morgan fingerprint density at radius 2 is 2.18 bits per heavy atom. The molecule has 0 fully saturated rings. The predicted octanol–water partition coefficient (Wildman–Crippen LogP) is 0.727. The summed E-state index contributed by atoms with van der Waals surface area (Å²) in [6.45, 7) is 4.09. The molecule has 0 spiro atoms. The van der Waals surface area contributed by atoms with Gasteiger partial charge >= 0.3 is 0 Å². The second-order valence-corrected chi connectivity index (χ2v) is 5.26. The first kappa shape index (κ1) is 14.6. The number of anilines is 2. The first-order chi connectivity index (χ1) is 10.6. The third-order valence-corrected chi connectivity index (χ3v) is 3.78. The van der Waals surface area contributed by atoms with Crippen molar-refractivity contribution in [2.45, 2.75) is 32.5 Å². The molecule has 3 heterocycles. The molecule has 1 aliphatic heterocycles. The molecule has 0 saturated heterocycles. The highest BCUT2D eigenvalue weighted by Crippen LogP contribution is 2.25. The molecule has 0 amide bonds. The van der Waals surface area contributed by atoms with Gasteiger partial charge in [0.15, 0.2) is 0 Å². The van der Waals surface area contributed by atoms with Gasteiger partial charge in [-0.3, -0.25) is 4.68 Å². The van der Waals surface area contributed by atoms with Gasteiger partial charge in [0.25, 0.3) is 0 Å². The summed E-state index contributed by atoms with van der Waals surface area (Å²) < 4.78 is 7.07. The Morgan fingerprint density at radius 1 is 1.36 bits per heavy atom. The van der Waals surface area contributed by atoms with Crippen LogP contribution in [0, 0.1) is 0 Å². The van der Waals surface area contributed by atoms with Crippen molar-refractivity contribution in [3.8, 4) is 5.88 Å². The molecule has 3 N–H and O–H groups in total. The van der Waals surface area contributed by atoms with Crippen LogP contribution in [0.25, 0.3) is 0 Å². The Kier molecular flexibility index (Phi) is 3.84. The maximum Gasteiger partial charge on any atom is 0.225 e. The second kappa shape index (κ2) is 5.80. The van der Waals surface area contributed by atoms with Gasteiger partial charge in [0.1, 0.15) is 5.82 Å². The highest BCUT2D eigenvalue weighted by atomic mass is 16.5. The summed E-state index contributed by atoms with van der Waals surface area (Å²) in [7, 11) is 1.55. The van der Waals surface area contributed by atoms with Crippen LogP contribution in [0.4, 0.5) is 11.8 Å². The summed E-state index contributed by atoms with van der Waals surface area (Å²) in [6.07, 6.45) is 0.140. The van der Waals surface area contributed by atoms with Crippen molar-refractivity contribution in [1.29, 1.82) is 0 Å². The van der Waals surface area contributed by atoms with E-state index in [0.717, 1.165) is 30.3 Å². The van der Waals surface area contributed by atoms with E-state index in [1.165, 1.54) is 0 Å². The first-order valence-corrected chi connectivity index (χ1v) is 7.29. The molecule has 0 aliphatic carbocycles. The molecular formula is C14H20N6O2. The largest absolute Gasteiger partial charge is 0.481 e. The van der Waals surface area contributed by atoms with Crippen LogP contribution in [-0.4, -0.2) is 38.5 Å². The Labute approximate surface area is 128 Å². The van der Waals surface area contributed by atoms with E-state index >= 15 is 0 Å². The van der Waals surface area contributed by atoms with Crippen LogP contribution in [-0.2, 0) is 13.1 Å². The number of aliphatic hydroxyl groups is 1. The lowest BCUT2D eigenvalue weighted by Crippen LogP contribution is -2.34. The topological polar surface area (TPSA) is 102 Å². The van der Waals surface area contributed by atoms with Crippen LogP contribution in [0.2, 0.25) is 0 Å². The Hall–Kier alpha value is -2.35. The molecule has 0 unspecified atom stereocenters. The summed E-state index contributed by atoms with van der Waals surface area (Å²) in [5.41, 5.74) is 7.49. The van der Waals surface area contributed by atoms with Crippen molar-refractivity contribution in [3.63, 3.8) is 0 Å². The predicted molar refractivity (Wildman–Crippen MR) is 81.5 cm³/mol. The third-order valence-electron chi connectivity index (χ3n) is 3.78. The minimum Gasteiger partial charge on any atom is -0.481 e. The van der Waals surface area contributed by atoms with Crippen molar-refractivity contribution in [3.05, 3.63) is 23.5 Å². The van der Waals surface area contributed by atoms with Crippen LogP contribution < -0.4 is 15.4 Å². The lowest BCUT2D eigenvalue weighted by atomic mass is 10.2. The standard InChI is InChI=1S/C14H20N6O2/c1-3-11(21)10-6-9-8-19(4-5-20(9)18-10)12-7-13(22-2)17-14(15)16-12/h6-7,11,21H,3-5,8H2,1-2H3,(H2,15,16,17)/t11-/m1/s1. The van der Waals surface area contributed by atoms with Crippen molar-refractivity contribution >= 4 is 11.8 Å². The molecule has 2 aromatic rings. The fourth-order valence-corrected chi connectivity index (χ4v) is 2.55. The maximum absolute atomic E-state index is 9.92. The van der Waals surface area contributed by atoms with Gasteiger partial charge in [0.05, 0.1) is 37.7 Å². The number of methoxy groups -OCH3 is 1. The molecule has 8 heteroatoms. The van der Waals surface area contributed by atoms with Crippen LogP contribution >= 0.6 is 0 Å². The molecule has 2 aromatic heterocycles. The smallest absolute Gasteiger partial charge is 0.225 e. The van der Waals surface area contributed by atoms with Gasteiger partial charge in [0, 0.05) is 12.6 Å². The zero-order valence-electron chi connectivity index (χ0n) is 12.7. The van der Waals surface area contributed by atoms with Crippen molar-refractivity contribution in [2.24, 2.45) is 0 Å². The quantitative estimate of drug-likeness (QED) is 0.858. The Bertz CT molecular complexity index is 671. The maximum atomic E-state index is 9.92. The molecule has 1 aliphatic rings. The normalized spacial score (nSPS) is 15.5. The van der Waals surface area contributed by atoms with Gasteiger partial charge in [-0.05, 0) is 12.5 Å². The van der Waals surface area contributed by atoms with Gasteiger partial charge in [-0.15, -0.1) is 0 Å². The lowest BCUT2D eigenvalue weighted by Gasteiger charge is -2.28. The summed E-state index contributed by atoms with van der Waals surface area (Å²) in [5, 5.41) is 14.4. The molecule has 22 heavy (non-hydrogen) atoms. The zero-order valence-corrected chi connectivity index (χ0v) is 12.7. The molecule has 0 saturated carbocycles. The Balaban J connectivity index is 1.85. The Morgan fingerprint density at radius 3 is 2.91 bits per heavy atom. The summed E-state index contributed by atoms with van der Waals surface area (Å²) in [6, 6.07) is 3.71. The average Bonchev–Trinajstić information content (AvgIpc) is 2.96. The van der Waals surface area contributed by atoms with E-state index in [9.17, 15) is 5.11 Å². The molecule has 0 bridgehead atoms. The van der Waals surface area contributed by atoms with Gasteiger partial charge < -0.3 is 20.5 Å². The van der Waals surface area contributed by atoms with Gasteiger partial charge in [-0.2, -0.15) is 15.1 Å². The third kappa shape index (κ3) is 2.69. The number of hydrogen-bond donors (Lipinski definition) is 2. The number of rotatable bonds is 4. The number of hydrogen-bond acceptors (Lipinski definition) is 7.